The molecule has 0 aliphatic heterocycles. The minimum atomic E-state index is -0.0134. The summed E-state index contributed by atoms with van der Waals surface area (Å²) >= 11 is 0. The van der Waals surface area contributed by atoms with Crippen LogP contribution >= 0.6 is 0 Å². The number of ether oxygens (including phenoxy) is 2. The van der Waals surface area contributed by atoms with Crippen molar-refractivity contribution >= 4 is 5.97 Å². The second-order valence-corrected chi connectivity index (χ2v) is 11.3. The molecule has 3 heteroatoms. The number of fused-ring (bicyclic) bond motifs is 1. The van der Waals surface area contributed by atoms with Crippen molar-refractivity contribution in [3.8, 4) is 11.5 Å². The van der Waals surface area contributed by atoms with Crippen molar-refractivity contribution in [3.63, 3.8) is 0 Å². The third-order valence-corrected chi connectivity index (χ3v) is 9.18. The Labute approximate surface area is 207 Å². The molecule has 4 unspecified atom stereocenters. The standard InChI is InChI=1S/C31H46O3/c1-3-5-6-8-23-11-13-24(14-12-23)25-15-20-29-26(22-25)9-7-10-30(29)31(32)34-28-18-16-27(17-19-28)33-21-4-2/h4,16-19,23-26,29-30H,2-3,5-15,20-22H2,1H3. The van der Waals surface area contributed by atoms with Crippen molar-refractivity contribution in [2.45, 2.75) is 96.8 Å². The molecular formula is C31H46O3. The molecule has 3 saturated carbocycles. The molecule has 3 nitrogen and oxygen atoms in total. The van der Waals surface area contributed by atoms with E-state index in [0.717, 1.165) is 35.8 Å². The summed E-state index contributed by atoms with van der Waals surface area (Å²) in [5, 5.41) is 0. The predicted octanol–water partition coefficient (Wildman–Crippen LogP) is 8.38. The molecule has 4 atom stereocenters. The van der Waals surface area contributed by atoms with Crippen molar-refractivity contribution in [1.82, 2.24) is 0 Å². The van der Waals surface area contributed by atoms with E-state index in [1.54, 1.807) is 6.08 Å². The smallest absolute Gasteiger partial charge is 0.314 e. The first-order valence-corrected chi connectivity index (χ1v) is 14.2. The van der Waals surface area contributed by atoms with Gasteiger partial charge >= 0.3 is 5.97 Å². The second kappa shape index (κ2) is 12.8. The van der Waals surface area contributed by atoms with Gasteiger partial charge in [0.2, 0.25) is 0 Å². The van der Waals surface area contributed by atoms with Crippen LogP contribution in [0, 0.1) is 35.5 Å². The largest absolute Gasteiger partial charge is 0.490 e. The highest BCUT2D eigenvalue weighted by molar-refractivity contribution is 5.75. The van der Waals surface area contributed by atoms with Crippen LogP contribution in [0.25, 0.3) is 0 Å². The number of benzene rings is 1. The van der Waals surface area contributed by atoms with E-state index in [0.29, 0.717) is 18.3 Å². The zero-order valence-electron chi connectivity index (χ0n) is 21.4. The molecule has 1 aromatic carbocycles. The van der Waals surface area contributed by atoms with E-state index in [4.69, 9.17) is 9.47 Å². The monoisotopic (exact) mass is 466 g/mol. The van der Waals surface area contributed by atoms with Gasteiger partial charge in [0.1, 0.15) is 18.1 Å². The Morgan fingerprint density at radius 3 is 2.38 bits per heavy atom. The molecule has 188 valence electrons. The number of unbranched alkanes of at least 4 members (excludes halogenated alkanes) is 2. The van der Waals surface area contributed by atoms with Gasteiger partial charge in [-0.3, -0.25) is 4.79 Å². The van der Waals surface area contributed by atoms with E-state index < -0.39 is 0 Å². The van der Waals surface area contributed by atoms with Gasteiger partial charge in [-0.25, -0.2) is 0 Å². The number of rotatable bonds is 10. The zero-order valence-corrected chi connectivity index (χ0v) is 21.4. The van der Waals surface area contributed by atoms with Crippen molar-refractivity contribution in [1.29, 1.82) is 0 Å². The fourth-order valence-corrected chi connectivity index (χ4v) is 7.30. The van der Waals surface area contributed by atoms with Crippen molar-refractivity contribution in [2.24, 2.45) is 35.5 Å². The third-order valence-electron chi connectivity index (χ3n) is 9.18. The van der Waals surface area contributed by atoms with Crippen LogP contribution in [-0.4, -0.2) is 12.6 Å². The summed E-state index contributed by atoms with van der Waals surface area (Å²) in [6, 6.07) is 7.40. The third kappa shape index (κ3) is 6.67. The van der Waals surface area contributed by atoms with Crippen LogP contribution < -0.4 is 9.47 Å². The Balaban J connectivity index is 1.26. The van der Waals surface area contributed by atoms with E-state index in [1.165, 1.54) is 83.5 Å². The van der Waals surface area contributed by atoms with E-state index >= 15 is 0 Å². The van der Waals surface area contributed by atoms with Gasteiger partial charge in [0.25, 0.3) is 0 Å². The Hall–Kier alpha value is -1.77. The maximum Gasteiger partial charge on any atom is 0.314 e. The summed E-state index contributed by atoms with van der Waals surface area (Å²) in [4.78, 5) is 13.1. The van der Waals surface area contributed by atoms with Crippen molar-refractivity contribution < 1.29 is 14.3 Å². The molecule has 3 fully saturated rings. The number of hydrogen-bond acceptors (Lipinski definition) is 3. The number of carbonyl (C=O) groups excluding carboxylic acids is 1. The second-order valence-electron chi connectivity index (χ2n) is 11.3. The molecule has 0 heterocycles. The highest BCUT2D eigenvalue weighted by Gasteiger charge is 2.43. The van der Waals surface area contributed by atoms with Crippen LogP contribution in [0.5, 0.6) is 11.5 Å². The van der Waals surface area contributed by atoms with Gasteiger partial charge in [0.05, 0.1) is 5.92 Å². The highest BCUT2D eigenvalue weighted by atomic mass is 16.5. The lowest BCUT2D eigenvalue weighted by Crippen LogP contribution is -2.40. The average Bonchev–Trinajstić information content (AvgIpc) is 2.88. The first-order chi connectivity index (χ1) is 16.7. The van der Waals surface area contributed by atoms with E-state index in [2.05, 4.69) is 13.5 Å². The number of carbonyl (C=O) groups is 1. The van der Waals surface area contributed by atoms with Crippen LogP contribution in [0.1, 0.15) is 96.8 Å². The lowest BCUT2D eigenvalue weighted by Gasteiger charge is -2.46. The fourth-order valence-electron chi connectivity index (χ4n) is 7.30. The van der Waals surface area contributed by atoms with E-state index in [1.807, 2.05) is 24.3 Å². The summed E-state index contributed by atoms with van der Waals surface area (Å²) in [5.41, 5.74) is 0. The van der Waals surface area contributed by atoms with Gasteiger partial charge in [-0.15, -0.1) is 0 Å². The van der Waals surface area contributed by atoms with Crippen LogP contribution in [0.15, 0.2) is 36.9 Å². The Bertz CT molecular complexity index is 761. The normalized spacial score (nSPS) is 31.3. The lowest BCUT2D eigenvalue weighted by atomic mass is 9.59. The van der Waals surface area contributed by atoms with Crippen LogP contribution in [0.4, 0.5) is 0 Å². The Morgan fingerprint density at radius 1 is 0.912 bits per heavy atom. The zero-order chi connectivity index (χ0) is 23.8. The molecule has 4 rings (SSSR count). The SMILES string of the molecule is C=CCOc1ccc(OC(=O)C2CCCC3CC(C4CCC(CCCCC)CC4)CCC32)cc1. The maximum atomic E-state index is 13.1. The summed E-state index contributed by atoms with van der Waals surface area (Å²) in [5.74, 6) is 5.54. The Morgan fingerprint density at radius 2 is 1.65 bits per heavy atom. The van der Waals surface area contributed by atoms with Crippen LogP contribution in [0.2, 0.25) is 0 Å². The van der Waals surface area contributed by atoms with Gasteiger partial charge in [0.15, 0.2) is 0 Å². The van der Waals surface area contributed by atoms with Gasteiger partial charge in [0, 0.05) is 0 Å². The summed E-state index contributed by atoms with van der Waals surface area (Å²) in [6.45, 7) is 6.45. The maximum absolute atomic E-state index is 13.1. The molecule has 34 heavy (non-hydrogen) atoms. The van der Waals surface area contributed by atoms with Crippen molar-refractivity contribution in [2.75, 3.05) is 6.61 Å². The topological polar surface area (TPSA) is 35.5 Å². The molecule has 0 radical (unpaired) electrons. The quantitative estimate of drug-likeness (QED) is 0.150. The fraction of sp³-hybridized carbons (Fsp3) is 0.710. The first kappa shape index (κ1) is 25.3. The van der Waals surface area contributed by atoms with Gasteiger partial charge in [-0.2, -0.15) is 0 Å². The average molecular weight is 467 g/mol. The Kier molecular flexibility index (Phi) is 9.53. The molecule has 0 N–H and O–H groups in total. The van der Waals surface area contributed by atoms with Gasteiger partial charge in [-0.1, -0.05) is 70.9 Å². The lowest BCUT2D eigenvalue weighted by molar-refractivity contribution is -0.144. The van der Waals surface area contributed by atoms with E-state index in [-0.39, 0.29) is 11.9 Å². The van der Waals surface area contributed by atoms with Crippen LogP contribution in [0.3, 0.4) is 0 Å². The molecule has 0 aromatic heterocycles. The summed E-state index contributed by atoms with van der Waals surface area (Å²) in [7, 11) is 0. The molecule has 0 spiro atoms. The van der Waals surface area contributed by atoms with Gasteiger partial charge < -0.3 is 9.47 Å². The molecular weight excluding hydrogens is 420 g/mol. The summed E-state index contributed by atoms with van der Waals surface area (Å²) < 4.78 is 11.4. The number of esters is 1. The van der Waals surface area contributed by atoms with Gasteiger partial charge in [-0.05, 0) is 92.4 Å². The molecule has 0 saturated heterocycles. The molecule has 3 aliphatic carbocycles. The first-order valence-electron chi connectivity index (χ1n) is 14.2. The minimum absolute atomic E-state index is 0.0134. The summed E-state index contributed by atoms with van der Waals surface area (Å²) in [6.07, 6.45) is 20.6. The molecule has 0 amide bonds. The molecule has 3 aliphatic rings. The van der Waals surface area contributed by atoms with Crippen molar-refractivity contribution in [3.05, 3.63) is 36.9 Å². The van der Waals surface area contributed by atoms with E-state index in [9.17, 15) is 4.79 Å². The highest BCUT2D eigenvalue weighted by Crippen LogP contribution is 2.50. The minimum Gasteiger partial charge on any atom is -0.490 e. The predicted molar refractivity (Wildman–Crippen MR) is 139 cm³/mol. The molecule has 0 bridgehead atoms. The molecule has 1 aromatic rings. The van der Waals surface area contributed by atoms with Crippen LogP contribution in [-0.2, 0) is 4.79 Å². The number of hydrogen-bond donors (Lipinski definition) is 0.